The van der Waals surface area contributed by atoms with Gasteiger partial charge in [-0.1, -0.05) is 54.1 Å². The molecule has 7 heteroatoms. The van der Waals surface area contributed by atoms with Crippen LogP contribution in [0.5, 0.6) is 5.75 Å². The van der Waals surface area contributed by atoms with Crippen LogP contribution in [0.15, 0.2) is 83.8 Å². The maximum Gasteiger partial charge on any atom is 0.243 e. The highest BCUT2D eigenvalue weighted by Crippen LogP contribution is 2.23. The first-order chi connectivity index (χ1) is 17.0. The molecule has 0 aliphatic carbocycles. The van der Waals surface area contributed by atoms with Crippen molar-refractivity contribution in [3.8, 4) is 5.75 Å². The molecule has 0 aliphatic rings. The predicted molar refractivity (Wildman–Crippen MR) is 143 cm³/mol. The zero-order chi connectivity index (χ0) is 25.0. The van der Waals surface area contributed by atoms with Crippen LogP contribution in [0.25, 0.3) is 0 Å². The van der Waals surface area contributed by atoms with Crippen molar-refractivity contribution in [2.45, 2.75) is 37.2 Å². The van der Waals surface area contributed by atoms with E-state index in [0.29, 0.717) is 42.5 Å². The maximum atomic E-state index is 13.6. The zero-order valence-corrected chi connectivity index (χ0v) is 21.6. The normalized spacial score (nSPS) is 11.5. The summed E-state index contributed by atoms with van der Waals surface area (Å²) >= 11 is 7.57. The summed E-state index contributed by atoms with van der Waals surface area (Å²) < 4.78 is 5.37. The molecule has 184 valence electrons. The van der Waals surface area contributed by atoms with E-state index < -0.39 is 6.04 Å². The van der Waals surface area contributed by atoms with Gasteiger partial charge in [0.05, 0.1) is 7.11 Å². The van der Waals surface area contributed by atoms with Crippen LogP contribution >= 0.6 is 23.4 Å². The van der Waals surface area contributed by atoms with Gasteiger partial charge in [0.2, 0.25) is 11.8 Å². The third-order valence-electron chi connectivity index (χ3n) is 5.51. The van der Waals surface area contributed by atoms with Gasteiger partial charge in [0, 0.05) is 41.6 Å². The first kappa shape index (κ1) is 26.6. The summed E-state index contributed by atoms with van der Waals surface area (Å²) in [5.74, 6) is 1.09. The molecule has 5 nitrogen and oxygen atoms in total. The monoisotopic (exact) mass is 510 g/mol. The molecule has 0 aromatic heterocycles. The lowest BCUT2D eigenvalue weighted by atomic mass is 10.0. The number of methoxy groups -OCH3 is 1. The largest absolute Gasteiger partial charge is 0.497 e. The molecule has 1 atom stereocenters. The van der Waals surface area contributed by atoms with E-state index >= 15 is 0 Å². The number of hydrogen-bond donors (Lipinski definition) is 1. The number of ether oxygens (including phenoxy) is 1. The number of halogens is 1. The average Bonchev–Trinajstić information content (AvgIpc) is 2.88. The highest BCUT2D eigenvalue weighted by Gasteiger charge is 2.30. The van der Waals surface area contributed by atoms with E-state index in [1.165, 1.54) is 0 Å². The Labute approximate surface area is 216 Å². The first-order valence-electron chi connectivity index (χ1n) is 11.6. The van der Waals surface area contributed by atoms with Gasteiger partial charge >= 0.3 is 0 Å². The van der Waals surface area contributed by atoms with Crippen LogP contribution in [0, 0.1) is 0 Å². The fourth-order valence-electron chi connectivity index (χ4n) is 3.74. The van der Waals surface area contributed by atoms with Crippen molar-refractivity contribution in [2.75, 3.05) is 19.4 Å². The molecule has 0 unspecified atom stereocenters. The number of benzene rings is 3. The Morgan fingerprint density at radius 2 is 1.71 bits per heavy atom. The number of nitrogens with one attached hydrogen (secondary N) is 1. The molecule has 3 aromatic carbocycles. The number of thioether (sulfide) groups is 1. The molecular formula is C28H31ClN2O3S. The van der Waals surface area contributed by atoms with Crippen molar-refractivity contribution in [3.63, 3.8) is 0 Å². The molecular weight excluding hydrogens is 480 g/mol. The van der Waals surface area contributed by atoms with Gasteiger partial charge in [-0.15, -0.1) is 11.8 Å². The fourth-order valence-corrected chi connectivity index (χ4v) is 4.71. The van der Waals surface area contributed by atoms with Gasteiger partial charge in [-0.2, -0.15) is 0 Å². The second-order valence-electron chi connectivity index (χ2n) is 8.03. The molecule has 1 N–H and O–H groups in total. The minimum Gasteiger partial charge on any atom is -0.497 e. The molecule has 0 saturated heterocycles. The maximum absolute atomic E-state index is 13.6. The molecule has 0 bridgehead atoms. The molecule has 3 rings (SSSR count). The highest BCUT2D eigenvalue weighted by molar-refractivity contribution is 7.99. The quantitative estimate of drug-likeness (QED) is 0.322. The van der Waals surface area contributed by atoms with Crippen LogP contribution < -0.4 is 10.1 Å². The number of carbonyl (C=O) groups excluding carboxylic acids is 2. The Hall–Kier alpha value is -2.96. The smallest absolute Gasteiger partial charge is 0.243 e. The lowest BCUT2D eigenvalue weighted by molar-refractivity contribution is -0.140. The van der Waals surface area contributed by atoms with Gasteiger partial charge in [0.1, 0.15) is 11.8 Å². The second kappa shape index (κ2) is 13.8. The lowest BCUT2D eigenvalue weighted by Crippen LogP contribution is -2.50. The van der Waals surface area contributed by atoms with Crippen LogP contribution in [-0.2, 0) is 22.6 Å². The van der Waals surface area contributed by atoms with Gasteiger partial charge in [0.15, 0.2) is 0 Å². The number of carbonyl (C=O) groups is 2. The van der Waals surface area contributed by atoms with Crippen LogP contribution in [0.2, 0.25) is 5.02 Å². The first-order valence-corrected chi connectivity index (χ1v) is 13.0. The van der Waals surface area contributed by atoms with Crippen LogP contribution in [0.1, 0.15) is 24.5 Å². The summed E-state index contributed by atoms with van der Waals surface area (Å²) in [7, 11) is 1.61. The Morgan fingerprint density at radius 3 is 2.40 bits per heavy atom. The molecule has 0 heterocycles. The summed E-state index contributed by atoms with van der Waals surface area (Å²) in [5.41, 5.74) is 1.91. The van der Waals surface area contributed by atoms with Crippen LogP contribution in [0.4, 0.5) is 0 Å². The Morgan fingerprint density at radius 1 is 1.00 bits per heavy atom. The Bertz CT molecular complexity index is 1090. The lowest BCUT2D eigenvalue weighted by Gasteiger charge is -2.31. The van der Waals surface area contributed by atoms with Crippen molar-refractivity contribution in [3.05, 3.63) is 95.0 Å². The number of nitrogens with zero attached hydrogens (tertiary/aromatic N) is 1. The standard InChI is InChI=1S/C28H31ClN2O3S/c1-3-30-28(33)26(19-21-8-5-4-6-9-21)31(20-22-10-7-11-24(18-22)34-2)27(32)16-17-35-25-14-12-23(29)13-15-25/h4-15,18,26H,3,16-17,19-20H2,1-2H3,(H,30,33)/t26-/m1/s1. The van der Waals surface area contributed by atoms with E-state index in [4.69, 9.17) is 16.3 Å². The van der Waals surface area contributed by atoms with Crippen LogP contribution in [0.3, 0.4) is 0 Å². The van der Waals surface area contributed by atoms with Gasteiger partial charge in [-0.05, 0) is 54.4 Å². The zero-order valence-electron chi connectivity index (χ0n) is 20.1. The molecule has 0 saturated carbocycles. The summed E-state index contributed by atoms with van der Waals surface area (Å²) in [6.07, 6.45) is 0.745. The minimum absolute atomic E-state index is 0.0681. The number of likely N-dealkylation sites (N-methyl/N-ethyl adjacent to an activating group) is 1. The third-order valence-corrected chi connectivity index (χ3v) is 6.77. The van der Waals surface area contributed by atoms with E-state index in [2.05, 4.69) is 5.32 Å². The highest BCUT2D eigenvalue weighted by atomic mass is 35.5. The molecule has 0 spiro atoms. The van der Waals surface area contributed by atoms with Crippen molar-refractivity contribution in [1.29, 1.82) is 0 Å². The van der Waals surface area contributed by atoms with Crippen molar-refractivity contribution in [2.24, 2.45) is 0 Å². The van der Waals surface area contributed by atoms with Crippen molar-refractivity contribution >= 4 is 35.2 Å². The number of hydrogen-bond acceptors (Lipinski definition) is 4. The summed E-state index contributed by atoms with van der Waals surface area (Å²) in [4.78, 5) is 29.5. The van der Waals surface area contributed by atoms with Gasteiger partial charge < -0.3 is 15.0 Å². The van der Waals surface area contributed by atoms with Crippen molar-refractivity contribution in [1.82, 2.24) is 10.2 Å². The van der Waals surface area contributed by atoms with Gasteiger partial charge in [-0.25, -0.2) is 0 Å². The second-order valence-corrected chi connectivity index (χ2v) is 9.63. The SMILES string of the molecule is CCNC(=O)[C@@H](Cc1ccccc1)N(Cc1cccc(OC)c1)C(=O)CCSc1ccc(Cl)cc1. The average molecular weight is 511 g/mol. The van der Waals surface area contributed by atoms with E-state index in [1.54, 1.807) is 23.8 Å². The molecule has 0 radical (unpaired) electrons. The summed E-state index contributed by atoms with van der Waals surface area (Å²) in [6, 6.07) is 24.3. The summed E-state index contributed by atoms with van der Waals surface area (Å²) in [5, 5.41) is 3.60. The third kappa shape index (κ3) is 8.34. The van der Waals surface area contributed by atoms with E-state index in [0.717, 1.165) is 16.0 Å². The van der Waals surface area contributed by atoms with Gasteiger partial charge in [-0.3, -0.25) is 9.59 Å². The molecule has 35 heavy (non-hydrogen) atoms. The fraction of sp³-hybridized carbons (Fsp3) is 0.286. The number of rotatable bonds is 12. The van der Waals surface area contributed by atoms with E-state index in [1.807, 2.05) is 85.8 Å². The molecule has 0 aliphatic heterocycles. The van der Waals surface area contributed by atoms with Crippen LogP contribution in [-0.4, -0.2) is 42.2 Å². The molecule has 2 amide bonds. The Kier molecular flexibility index (Phi) is 10.5. The Balaban J connectivity index is 1.83. The van der Waals surface area contributed by atoms with Crippen molar-refractivity contribution < 1.29 is 14.3 Å². The minimum atomic E-state index is -0.628. The number of amides is 2. The molecule has 3 aromatic rings. The van der Waals surface area contributed by atoms with Gasteiger partial charge in [0.25, 0.3) is 0 Å². The predicted octanol–water partition coefficient (Wildman–Crippen LogP) is 5.61. The topological polar surface area (TPSA) is 58.6 Å². The van der Waals surface area contributed by atoms with E-state index in [9.17, 15) is 9.59 Å². The molecule has 0 fully saturated rings. The van der Waals surface area contributed by atoms with E-state index in [-0.39, 0.29) is 11.8 Å². The summed E-state index contributed by atoms with van der Waals surface area (Å²) in [6.45, 7) is 2.70.